The Morgan fingerprint density at radius 3 is 2.46 bits per heavy atom. The topological polar surface area (TPSA) is 71.0 Å². The van der Waals surface area contributed by atoms with Crippen LogP contribution in [0, 0.1) is 0 Å². The monoisotopic (exact) mass is 531 g/mol. The first kappa shape index (κ1) is 28.4. The molecule has 6 heteroatoms. The van der Waals surface area contributed by atoms with Crippen LogP contribution in [-0.2, 0) is 4.74 Å². The molecule has 5 nitrogen and oxygen atoms in total. The largest absolute Gasteiger partial charge is 0.508 e. The van der Waals surface area contributed by atoms with Gasteiger partial charge in [-0.1, -0.05) is 48.6 Å². The molecule has 4 rings (SSSR count). The van der Waals surface area contributed by atoms with E-state index in [0.717, 1.165) is 78.1 Å². The van der Waals surface area contributed by atoms with E-state index in [1.807, 2.05) is 19.1 Å². The lowest BCUT2D eigenvalue weighted by atomic mass is 9.86. The average molecular weight is 532 g/mol. The van der Waals surface area contributed by atoms with Gasteiger partial charge in [-0.2, -0.15) is 0 Å². The van der Waals surface area contributed by atoms with Crippen LogP contribution in [0.4, 0.5) is 4.39 Å². The second-order valence-corrected chi connectivity index (χ2v) is 9.76. The summed E-state index contributed by atoms with van der Waals surface area (Å²) in [4.78, 5) is 0. The Kier molecular flexibility index (Phi) is 10.6. The molecule has 39 heavy (non-hydrogen) atoms. The number of phenolic OH excluding ortho intramolecular Hbond substituents is 2. The average Bonchev–Trinajstić information content (AvgIpc) is 2.94. The molecule has 1 aliphatic heterocycles. The zero-order valence-electron chi connectivity index (χ0n) is 22.5. The highest BCUT2D eigenvalue weighted by atomic mass is 19.1. The standard InChI is InChI=1S/C33H38FNO4/c1-24-30-23-29(37)15-16-31(30)39-33(32(24)27-9-6-10-28(36)22-27)26-13-11-25(12-14-26)8-7-19-35-18-3-5-21-38-20-4-2-17-34/h6-16,22-23,33,35-37H,2-5,17-21H2,1H3/b8-7-. The summed E-state index contributed by atoms with van der Waals surface area (Å²) < 4.78 is 24.0. The lowest BCUT2D eigenvalue weighted by Crippen LogP contribution is -2.16. The Morgan fingerprint density at radius 1 is 0.923 bits per heavy atom. The number of hydrogen-bond donors (Lipinski definition) is 3. The normalized spacial score (nSPS) is 15.0. The van der Waals surface area contributed by atoms with Crippen LogP contribution in [0.2, 0.25) is 0 Å². The van der Waals surface area contributed by atoms with Crippen LogP contribution in [0.1, 0.15) is 61.0 Å². The van der Waals surface area contributed by atoms with E-state index in [9.17, 15) is 14.6 Å². The third-order valence-corrected chi connectivity index (χ3v) is 6.81. The van der Waals surface area contributed by atoms with E-state index in [-0.39, 0.29) is 24.3 Å². The van der Waals surface area contributed by atoms with Crippen LogP contribution < -0.4 is 10.1 Å². The third kappa shape index (κ3) is 7.94. The maximum absolute atomic E-state index is 12.0. The first-order chi connectivity index (χ1) is 19.1. The summed E-state index contributed by atoms with van der Waals surface area (Å²) in [6.45, 7) is 4.86. The van der Waals surface area contributed by atoms with Crippen molar-refractivity contribution in [2.45, 2.75) is 38.7 Å². The molecule has 206 valence electrons. The summed E-state index contributed by atoms with van der Waals surface area (Å²) in [6, 6.07) is 20.7. The van der Waals surface area contributed by atoms with Gasteiger partial charge in [-0.15, -0.1) is 0 Å². The second kappa shape index (κ2) is 14.5. The summed E-state index contributed by atoms with van der Waals surface area (Å²) in [5, 5.41) is 23.6. The van der Waals surface area contributed by atoms with Gasteiger partial charge < -0.3 is 25.0 Å². The summed E-state index contributed by atoms with van der Waals surface area (Å²) >= 11 is 0. The number of rotatable bonds is 14. The van der Waals surface area contributed by atoms with Gasteiger partial charge in [0.1, 0.15) is 23.4 Å². The highest BCUT2D eigenvalue weighted by Crippen LogP contribution is 2.47. The molecule has 0 aromatic heterocycles. The summed E-state index contributed by atoms with van der Waals surface area (Å²) in [7, 11) is 0. The Hall–Kier alpha value is -3.61. The molecule has 3 N–H and O–H groups in total. The fraction of sp³-hybridized carbons (Fsp3) is 0.333. The Labute approximate surface area is 230 Å². The van der Waals surface area contributed by atoms with Crippen molar-refractivity contribution in [3.8, 4) is 17.2 Å². The van der Waals surface area contributed by atoms with Gasteiger partial charge >= 0.3 is 0 Å². The van der Waals surface area contributed by atoms with Gasteiger partial charge in [-0.3, -0.25) is 4.39 Å². The number of halogens is 1. The SMILES string of the molecule is CC1=C(c2cccc(O)c2)C(c2ccc(/C=C\CNCCCCOCCCCF)cc2)Oc2ccc(O)cc21. The van der Waals surface area contributed by atoms with Crippen molar-refractivity contribution in [2.24, 2.45) is 0 Å². The first-order valence-corrected chi connectivity index (χ1v) is 13.7. The van der Waals surface area contributed by atoms with Crippen LogP contribution in [0.25, 0.3) is 17.2 Å². The van der Waals surface area contributed by atoms with Crippen molar-refractivity contribution in [1.82, 2.24) is 5.32 Å². The molecule has 0 spiro atoms. The molecule has 1 atom stereocenters. The van der Waals surface area contributed by atoms with E-state index < -0.39 is 0 Å². The Balaban J connectivity index is 1.36. The van der Waals surface area contributed by atoms with E-state index in [2.05, 4.69) is 41.7 Å². The summed E-state index contributed by atoms with van der Waals surface area (Å²) in [5.74, 6) is 1.10. The first-order valence-electron chi connectivity index (χ1n) is 13.7. The minimum Gasteiger partial charge on any atom is -0.508 e. The molecule has 1 unspecified atom stereocenters. The Bertz CT molecular complexity index is 1270. The molecule has 0 aliphatic carbocycles. The van der Waals surface area contributed by atoms with E-state index in [0.29, 0.717) is 13.0 Å². The zero-order chi connectivity index (χ0) is 27.5. The van der Waals surface area contributed by atoms with Gasteiger partial charge in [0.15, 0.2) is 0 Å². The van der Waals surface area contributed by atoms with Crippen LogP contribution in [0.15, 0.2) is 72.8 Å². The predicted molar refractivity (Wildman–Crippen MR) is 156 cm³/mol. The van der Waals surface area contributed by atoms with Crippen LogP contribution >= 0.6 is 0 Å². The third-order valence-electron chi connectivity index (χ3n) is 6.81. The predicted octanol–water partition coefficient (Wildman–Crippen LogP) is 7.31. The summed E-state index contributed by atoms with van der Waals surface area (Å²) in [5.41, 5.74) is 5.79. The number of aromatic hydroxyl groups is 2. The molecule has 3 aromatic carbocycles. The molecule has 0 amide bonds. The fourth-order valence-electron chi connectivity index (χ4n) is 4.73. The summed E-state index contributed by atoms with van der Waals surface area (Å²) in [6.07, 6.45) is 7.29. The molecule has 0 radical (unpaired) electrons. The number of unbranched alkanes of at least 4 members (excludes halogenated alkanes) is 2. The van der Waals surface area contributed by atoms with Gasteiger partial charge in [-0.25, -0.2) is 0 Å². The van der Waals surface area contributed by atoms with Crippen molar-refractivity contribution in [3.63, 3.8) is 0 Å². The van der Waals surface area contributed by atoms with Crippen molar-refractivity contribution < 1.29 is 24.1 Å². The molecule has 0 saturated heterocycles. The van der Waals surface area contributed by atoms with Gasteiger partial charge in [-0.05, 0) is 91.7 Å². The van der Waals surface area contributed by atoms with Crippen molar-refractivity contribution >= 4 is 17.2 Å². The van der Waals surface area contributed by atoms with Crippen molar-refractivity contribution in [1.29, 1.82) is 0 Å². The van der Waals surface area contributed by atoms with Crippen molar-refractivity contribution in [3.05, 3.63) is 95.1 Å². The van der Waals surface area contributed by atoms with E-state index >= 15 is 0 Å². The number of alkyl halides is 1. The van der Waals surface area contributed by atoms with Gasteiger partial charge in [0.25, 0.3) is 0 Å². The second-order valence-electron chi connectivity index (χ2n) is 9.76. The van der Waals surface area contributed by atoms with E-state index in [1.165, 1.54) is 0 Å². The lowest BCUT2D eigenvalue weighted by Gasteiger charge is -2.31. The van der Waals surface area contributed by atoms with Crippen LogP contribution in [0.3, 0.4) is 0 Å². The number of hydrogen-bond acceptors (Lipinski definition) is 5. The highest BCUT2D eigenvalue weighted by Gasteiger charge is 2.29. The van der Waals surface area contributed by atoms with Crippen LogP contribution in [-0.4, -0.2) is 43.2 Å². The molecular weight excluding hydrogens is 493 g/mol. The van der Waals surface area contributed by atoms with E-state index in [4.69, 9.17) is 9.47 Å². The molecule has 1 aliphatic rings. The maximum Gasteiger partial charge on any atom is 0.150 e. The number of ether oxygens (including phenoxy) is 2. The molecular formula is C33H38FNO4. The number of allylic oxidation sites excluding steroid dienone is 1. The van der Waals surface area contributed by atoms with Crippen LogP contribution in [0.5, 0.6) is 17.2 Å². The quantitative estimate of drug-likeness (QED) is 0.190. The van der Waals surface area contributed by atoms with Gasteiger partial charge in [0.2, 0.25) is 0 Å². The fourth-order valence-corrected chi connectivity index (χ4v) is 4.73. The zero-order valence-corrected chi connectivity index (χ0v) is 22.5. The molecule has 3 aromatic rings. The smallest absolute Gasteiger partial charge is 0.150 e. The lowest BCUT2D eigenvalue weighted by molar-refractivity contribution is 0.125. The highest BCUT2D eigenvalue weighted by molar-refractivity contribution is 5.95. The minimum atomic E-state index is -0.351. The maximum atomic E-state index is 12.0. The number of benzene rings is 3. The van der Waals surface area contributed by atoms with Gasteiger partial charge in [0, 0.05) is 30.9 Å². The van der Waals surface area contributed by atoms with E-state index in [1.54, 1.807) is 30.3 Å². The number of fused-ring (bicyclic) bond motifs is 1. The van der Waals surface area contributed by atoms with Crippen molar-refractivity contribution in [2.75, 3.05) is 33.0 Å². The number of phenols is 2. The molecule has 0 fully saturated rings. The number of nitrogens with one attached hydrogen (secondary N) is 1. The molecule has 0 saturated carbocycles. The van der Waals surface area contributed by atoms with Gasteiger partial charge in [0.05, 0.1) is 6.67 Å². The molecule has 1 heterocycles. The minimum absolute atomic E-state index is 0.187. The molecule has 0 bridgehead atoms. The Morgan fingerprint density at radius 2 is 1.69 bits per heavy atom.